The molecular formula is C16H13NO3. The van der Waals surface area contributed by atoms with Gasteiger partial charge in [0.05, 0.1) is 18.7 Å². The molecule has 0 aliphatic heterocycles. The Morgan fingerprint density at radius 3 is 2.50 bits per heavy atom. The monoisotopic (exact) mass is 267 g/mol. The predicted octanol–water partition coefficient (Wildman–Crippen LogP) is 2.92. The number of hydrogen-bond acceptors (Lipinski definition) is 4. The lowest BCUT2D eigenvalue weighted by Gasteiger charge is -2.10. The highest BCUT2D eigenvalue weighted by Gasteiger charge is 2.11. The number of para-hydroxylation sites is 1. The van der Waals surface area contributed by atoms with Crippen molar-refractivity contribution in [2.45, 2.75) is 6.61 Å². The molecule has 20 heavy (non-hydrogen) atoms. The van der Waals surface area contributed by atoms with Crippen molar-refractivity contribution in [1.29, 1.82) is 5.26 Å². The second kappa shape index (κ2) is 6.39. The first-order valence-corrected chi connectivity index (χ1v) is 6.04. The minimum atomic E-state index is -0.430. The van der Waals surface area contributed by atoms with Crippen LogP contribution >= 0.6 is 0 Å². The highest BCUT2D eigenvalue weighted by atomic mass is 16.5. The summed E-state index contributed by atoms with van der Waals surface area (Å²) in [6, 6.07) is 16.1. The fourth-order valence-corrected chi connectivity index (χ4v) is 1.71. The molecule has 2 aromatic carbocycles. The Morgan fingerprint density at radius 1 is 1.15 bits per heavy atom. The lowest BCUT2D eigenvalue weighted by molar-refractivity contribution is 0.0595. The molecule has 0 spiro atoms. The first-order chi connectivity index (χ1) is 9.74. The normalized spacial score (nSPS) is 9.60. The first kappa shape index (κ1) is 13.6. The minimum Gasteiger partial charge on any atom is -0.488 e. The van der Waals surface area contributed by atoms with Gasteiger partial charge < -0.3 is 9.47 Å². The summed E-state index contributed by atoms with van der Waals surface area (Å²) in [5.74, 6) is 0.0455. The first-order valence-electron chi connectivity index (χ1n) is 6.04. The Hall–Kier alpha value is -2.80. The van der Waals surface area contributed by atoms with Crippen molar-refractivity contribution in [3.8, 4) is 11.8 Å². The molecule has 0 aliphatic rings. The summed E-state index contributed by atoms with van der Waals surface area (Å²) in [5.41, 5.74) is 1.91. The van der Waals surface area contributed by atoms with Crippen molar-refractivity contribution >= 4 is 5.97 Å². The van der Waals surface area contributed by atoms with Crippen LogP contribution in [0, 0.1) is 11.3 Å². The van der Waals surface area contributed by atoms with E-state index in [-0.39, 0.29) is 0 Å². The van der Waals surface area contributed by atoms with Crippen LogP contribution in [0.2, 0.25) is 0 Å². The van der Waals surface area contributed by atoms with Gasteiger partial charge in [0.2, 0.25) is 0 Å². The summed E-state index contributed by atoms with van der Waals surface area (Å²) in [6.07, 6.45) is 0. The zero-order valence-electron chi connectivity index (χ0n) is 11.0. The molecule has 0 radical (unpaired) electrons. The molecule has 0 heterocycles. The number of carbonyl (C=O) groups is 1. The number of nitriles is 1. The largest absolute Gasteiger partial charge is 0.488 e. The summed E-state index contributed by atoms with van der Waals surface area (Å²) in [7, 11) is 1.33. The van der Waals surface area contributed by atoms with Gasteiger partial charge in [0.15, 0.2) is 0 Å². The maximum atomic E-state index is 11.6. The van der Waals surface area contributed by atoms with Gasteiger partial charge in [-0.15, -0.1) is 0 Å². The Labute approximate surface area is 117 Å². The Balaban J connectivity index is 2.10. The van der Waals surface area contributed by atoms with Crippen molar-refractivity contribution in [1.82, 2.24) is 0 Å². The molecule has 100 valence electrons. The standard InChI is InChI=1S/C16H13NO3/c1-19-16(18)14-4-2-3-5-15(14)20-11-13-8-6-12(10-17)7-9-13/h2-9H,11H2,1H3. The van der Waals surface area contributed by atoms with Crippen molar-refractivity contribution in [2.75, 3.05) is 7.11 Å². The predicted molar refractivity (Wildman–Crippen MR) is 73.3 cm³/mol. The topological polar surface area (TPSA) is 59.3 Å². The van der Waals surface area contributed by atoms with Crippen LogP contribution in [0.1, 0.15) is 21.5 Å². The molecule has 0 unspecified atom stereocenters. The molecule has 0 aliphatic carbocycles. The van der Waals surface area contributed by atoms with Crippen LogP contribution < -0.4 is 4.74 Å². The van der Waals surface area contributed by atoms with E-state index in [1.165, 1.54) is 7.11 Å². The molecule has 0 fully saturated rings. The fraction of sp³-hybridized carbons (Fsp3) is 0.125. The average Bonchev–Trinajstić information content (AvgIpc) is 2.53. The molecule has 0 bridgehead atoms. The van der Waals surface area contributed by atoms with Crippen molar-refractivity contribution in [3.63, 3.8) is 0 Å². The smallest absolute Gasteiger partial charge is 0.341 e. The van der Waals surface area contributed by atoms with Crippen molar-refractivity contribution in [2.24, 2.45) is 0 Å². The number of hydrogen-bond donors (Lipinski definition) is 0. The van der Waals surface area contributed by atoms with E-state index in [9.17, 15) is 4.79 Å². The second-order valence-electron chi connectivity index (χ2n) is 4.09. The third-order valence-corrected chi connectivity index (χ3v) is 2.77. The van der Waals surface area contributed by atoms with Crippen molar-refractivity contribution < 1.29 is 14.3 Å². The zero-order valence-corrected chi connectivity index (χ0v) is 11.0. The number of benzene rings is 2. The summed E-state index contributed by atoms with van der Waals surface area (Å²) < 4.78 is 10.3. The van der Waals surface area contributed by atoms with E-state index in [4.69, 9.17) is 14.7 Å². The van der Waals surface area contributed by atoms with Gasteiger partial charge in [-0.05, 0) is 29.8 Å². The maximum Gasteiger partial charge on any atom is 0.341 e. The summed E-state index contributed by atoms with van der Waals surface area (Å²) >= 11 is 0. The number of rotatable bonds is 4. The fourth-order valence-electron chi connectivity index (χ4n) is 1.71. The average molecular weight is 267 g/mol. The van der Waals surface area contributed by atoms with Gasteiger partial charge in [0, 0.05) is 0 Å². The molecule has 4 nitrogen and oxygen atoms in total. The lowest BCUT2D eigenvalue weighted by atomic mass is 10.1. The van der Waals surface area contributed by atoms with Crippen LogP contribution in [0.4, 0.5) is 0 Å². The van der Waals surface area contributed by atoms with E-state index in [1.54, 1.807) is 36.4 Å². The number of ether oxygens (including phenoxy) is 2. The third-order valence-electron chi connectivity index (χ3n) is 2.77. The molecular weight excluding hydrogens is 254 g/mol. The van der Waals surface area contributed by atoms with Gasteiger partial charge in [-0.2, -0.15) is 5.26 Å². The van der Waals surface area contributed by atoms with E-state index in [0.29, 0.717) is 23.5 Å². The van der Waals surface area contributed by atoms with Gasteiger partial charge in [0.25, 0.3) is 0 Å². The van der Waals surface area contributed by atoms with Crippen LogP contribution in [0.25, 0.3) is 0 Å². The lowest BCUT2D eigenvalue weighted by Crippen LogP contribution is -2.05. The minimum absolute atomic E-state index is 0.319. The molecule has 2 aromatic rings. The molecule has 0 atom stereocenters. The Morgan fingerprint density at radius 2 is 1.85 bits per heavy atom. The molecule has 4 heteroatoms. The number of nitrogens with zero attached hydrogens (tertiary/aromatic N) is 1. The summed E-state index contributed by atoms with van der Waals surface area (Å²) in [4.78, 5) is 11.6. The maximum absolute atomic E-state index is 11.6. The van der Waals surface area contributed by atoms with Crippen LogP contribution in [-0.2, 0) is 11.3 Å². The van der Waals surface area contributed by atoms with Crippen LogP contribution in [-0.4, -0.2) is 13.1 Å². The SMILES string of the molecule is COC(=O)c1ccccc1OCc1ccc(C#N)cc1. The van der Waals surface area contributed by atoms with Crippen LogP contribution in [0.3, 0.4) is 0 Å². The quantitative estimate of drug-likeness (QED) is 0.799. The number of esters is 1. The van der Waals surface area contributed by atoms with Gasteiger partial charge in [-0.3, -0.25) is 0 Å². The van der Waals surface area contributed by atoms with Gasteiger partial charge >= 0.3 is 5.97 Å². The summed E-state index contributed by atoms with van der Waals surface area (Å²) in [6.45, 7) is 0.319. The van der Waals surface area contributed by atoms with Crippen molar-refractivity contribution in [3.05, 3.63) is 65.2 Å². The van der Waals surface area contributed by atoms with Gasteiger partial charge in [0.1, 0.15) is 17.9 Å². The van der Waals surface area contributed by atoms with Gasteiger partial charge in [-0.1, -0.05) is 24.3 Å². The molecule has 0 aromatic heterocycles. The number of carbonyl (C=O) groups excluding carboxylic acids is 1. The highest BCUT2D eigenvalue weighted by molar-refractivity contribution is 5.92. The third kappa shape index (κ3) is 3.15. The van der Waals surface area contributed by atoms with E-state index >= 15 is 0 Å². The molecule has 0 saturated carbocycles. The highest BCUT2D eigenvalue weighted by Crippen LogP contribution is 2.20. The van der Waals surface area contributed by atoms with E-state index in [0.717, 1.165) is 5.56 Å². The van der Waals surface area contributed by atoms with E-state index in [1.807, 2.05) is 12.1 Å². The number of methoxy groups -OCH3 is 1. The Kier molecular flexibility index (Phi) is 4.35. The second-order valence-corrected chi connectivity index (χ2v) is 4.09. The molecule has 0 saturated heterocycles. The van der Waals surface area contributed by atoms with E-state index < -0.39 is 5.97 Å². The Bertz CT molecular complexity index is 642. The zero-order chi connectivity index (χ0) is 14.4. The van der Waals surface area contributed by atoms with Gasteiger partial charge in [-0.25, -0.2) is 4.79 Å². The molecule has 0 N–H and O–H groups in total. The molecule has 0 amide bonds. The van der Waals surface area contributed by atoms with Crippen LogP contribution in [0.5, 0.6) is 5.75 Å². The van der Waals surface area contributed by atoms with Crippen LogP contribution in [0.15, 0.2) is 48.5 Å². The summed E-state index contributed by atoms with van der Waals surface area (Å²) in [5, 5.41) is 8.73. The molecule has 2 rings (SSSR count). The van der Waals surface area contributed by atoms with E-state index in [2.05, 4.69) is 6.07 Å².